The van der Waals surface area contributed by atoms with Gasteiger partial charge in [0.15, 0.2) is 0 Å². The van der Waals surface area contributed by atoms with Gasteiger partial charge >= 0.3 is 0 Å². The molecule has 0 bridgehead atoms. The molecule has 1 rings (SSSR count). The molecule has 0 heterocycles. The molecule has 120 valence electrons. The Labute approximate surface area is 132 Å². The first-order valence-electron chi connectivity index (χ1n) is 6.88. The fraction of sp³-hybridized carbons (Fsp3) is 0.571. The zero-order valence-electron chi connectivity index (χ0n) is 12.9. The number of hydrogen-bond donors (Lipinski definition) is 2. The molecule has 0 atom stereocenters. The van der Waals surface area contributed by atoms with Crippen molar-refractivity contribution in [2.75, 3.05) is 20.2 Å². The first kappa shape index (κ1) is 18.2. The number of halogens is 1. The second-order valence-electron chi connectivity index (χ2n) is 5.12. The fourth-order valence-electron chi connectivity index (χ4n) is 1.80. The highest BCUT2D eigenvalue weighted by atomic mass is 35.5. The van der Waals surface area contributed by atoms with Gasteiger partial charge in [-0.1, -0.05) is 32.4 Å². The van der Waals surface area contributed by atoms with Crippen molar-refractivity contribution < 1.29 is 13.2 Å². The molecule has 0 aliphatic heterocycles. The summed E-state index contributed by atoms with van der Waals surface area (Å²) in [5, 5.41) is 3.51. The predicted molar refractivity (Wildman–Crippen MR) is 85.4 cm³/mol. The number of methoxy groups -OCH3 is 1. The van der Waals surface area contributed by atoms with Crippen LogP contribution in [0.25, 0.3) is 0 Å². The zero-order valence-corrected chi connectivity index (χ0v) is 14.4. The van der Waals surface area contributed by atoms with Gasteiger partial charge in [-0.15, -0.1) is 0 Å². The summed E-state index contributed by atoms with van der Waals surface area (Å²) in [7, 11) is -2.20. The van der Waals surface area contributed by atoms with E-state index in [0.717, 1.165) is 12.1 Å². The number of sulfonamides is 1. The van der Waals surface area contributed by atoms with Crippen molar-refractivity contribution in [3.8, 4) is 5.75 Å². The van der Waals surface area contributed by atoms with Gasteiger partial charge in [-0.05, 0) is 24.6 Å². The van der Waals surface area contributed by atoms with Gasteiger partial charge in [0.2, 0.25) is 10.0 Å². The zero-order chi connectivity index (χ0) is 16.0. The lowest BCUT2D eigenvalue weighted by molar-refractivity contribution is 0.395. The summed E-state index contributed by atoms with van der Waals surface area (Å²) in [4.78, 5) is 0.0750. The van der Waals surface area contributed by atoms with Gasteiger partial charge in [-0.25, -0.2) is 13.1 Å². The van der Waals surface area contributed by atoms with E-state index >= 15 is 0 Å². The average molecular weight is 335 g/mol. The van der Waals surface area contributed by atoms with Crippen LogP contribution in [0.15, 0.2) is 17.0 Å². The SMILES string of the molecule is CCNCc1cc(Cl)cc(S(=O)(=O)NCC(C)C)c1OC. The van der Waals surface area contributed by atoms with Crippen LogP contribution < -0.4 is 14.8 Å². The molecule has 0 fully saturated rings. The topological polar surface area (TPSA) is 67.4 Å². The van der Waals surface area contributed by atoms with Crippen LogP contribution in [0, 0.1) is 5.92 Å². The normalized spacial score (nSPS) is 11.9. The first-order valence-corrected chi connectivity index (χ1v) is 8.74. The molecule has 0 unspecified atom stereocenters. The van der Waals surface area contributed by atoms with Gasteiger partial charge < -0.3 is 10.1 Å². The standard InChI is InChI=1S/C14H23ClN2O3S/c1-5-16-9-11-6-12(15)7-13(14(11)20-4)21(18,19)17-8-10(2)3/h6-7,10,16-17H,5,8-9H2,1-4H3. The Morgan fingerprint density at radius 3 is 2.52 bits per heavy atom. The third kappa shape index (κ3) is 5.14. The van der Waals surface area contributed by atoms with Crippen molar-refractivity contribution in [3.05, 3.63) is 22.7 Å². The minimum atomic E-state index is -3.66. The third-order valence-corrected chi connectivity index (χ3v) is 4.48. The lowest BCUT2D eigenvalue weighted by Crippen LogP contribution is -2.28. The molecule has 5 nitrogen and oxygen atoms in total. The van der Waals surface area contributed by atoms with Crippen LogP contribution in [0.4, 0.5) is 0 Å². The molecule has 0 radical (unpaired) electrons. The Kier molecular flexibility index (Phi) is 6.93. The summed E-state index contributed by atoms with van der Waals surface area (Å²) < 4.78 is 32.7. The van der Waals surface area contributed by atoms with E-state index in [9.17, 15) is 8.42 Å². The second-order valence-corrected chi connectivity index (χ2v) is 7.29. The van der Waals surface area contributed by atoms with E-state index in [0.29, 0.717) is 23.9 Å². The number of benzene rings is 1. The van der Waals surface area contributed by atoms with Gasteiger partial charge in [0.1, 0.15) is 10.6 Å². The van der Waals surface area contributed by atoms with Crippen molar-refractivity contribution >= 4 is 21.6 Å². The summed E-state index contributed by atoms with van der Waals surface area (Å²) >= 11 is 6.05. The molecule has 0 saturated heterocycles. The Morgan fingerprint density at radius 1 is 1.33 bits per heavy atom. The van der Waals surface area contributed by atoms with Crippen molar-refractivity contribution in [1.29, 1.82) is 0 Å². The maximum Gasteiger partial charge on any atom is 0.244 e. The third-order valence-electron chi connectivity index (χ3n) is 2.84. The van der Waals surface area contributed by atoms with Crippen LogP contribution in [0.3, 0.4) is 0 Å². The monoisotopic (exact) mass is 334 g/mol. The summed E-state index contributed by atoms with van der Waals surface area (Å²) in [6.07, 6.45) is 0. The molecule has 0 aliphatic carbocycles. The Bertz CT molecular complexity index is 574. The van der Waals surface area contributed by atoms with E-state index in [1.54, 1.807) is 6.07 Å². The molecule has 21 heavy (non-hydrogen) atoms. The van der Waals surface area contributed by atoms with Crippen molar-refractivity contribution in [1.82, 2.24) is 10.0 Å². The van der Waals surface area contributed by atoms with Gasteiger partial charge in [0, 0.05) is 23.7 Å². The number of hydrogen-bond acceptors (Lipinski definition) is 4. The maximum atomic E-state index is 12.4. The Balaban J connectivity index is 3.24. The van der Waals surface area contributed by atoms with E-state index in [1.807, 2.05) is 20.8 Å². The van der Waals surface area contributed by atoms with Crippen molar-refractivity contribution in [3.63, 3.8) is 0 Å². The lowest BCUT2D eigenvalue weighted by Gasteiger charge is -2.16. The number of nitrogens with one attached hydrogen (secondary N) is 2. The maximum absolute atomic E-state index is 12.4. The molecule has 0 amide bonds. The minimum Gasteiger partial charge on any atom is -0.495 e. The van der Waals surface area contributed by atoms with Crippen LogP contribution >= 0.6 is 11.6 Å². The van der Waals surface area contributed by atoms with E-state index in [1.165, 1.54) is 13.2 Å². The highest BCUT2D eigenvalue weighted by molar-refractivity contribution is 7.89. The molecular formula is C14H23ClN2O3S. The van der Waals surface area contributed by atoms with E-state index < -0.39 is 10.0 Å². The summed E-state index contributed by atoms with van der Waals surface area (Å²) in [6.45, 7) is 7.47. The number of rotatable bonds is 8. The summed E-state index contributed by atoms with van der Waals surface area (Å²) in [5.74, 6) is 0.544. The quantitative estimate of drug-likeness (QED) is 0.766. The molecule has 1 aromatic carbocycles. The van der Waals surface area contributed by atoms with Crippen LogP contribution in [-0.4, -0.2) is 28.6 Å². The average Bonchev–Trinajstić information content (AvgIpc) is 2.42. The molecule has 0 spiro atoms. The largest absolute Gasteiger partial charge is 0.495 e. The summed E-state index contributed by atoms with van der Waals surface area (Å²) in [5.41, 5.74) is 0.719. The number of ether oxygens (including phenoxy) is 1. The fourth-order valence-corrected chi connectivity index (χ4v) is 3.55. The molecule has 0 aromatic heterocycles. The molecule has 1 aromatic rings. The molecule has 0 aliphatic rings. The lowest BCUT2D eigenvalue weighted by atomic mass is 10.2. The highest BCUT2D eigenvalue weighted by Gasteiger charge is 2.23. The van der Waals surface area contributed by atoms with Crippen LogP contribution in [0.5, 0.6) is 5.75 Å². The van der Waals surface area contributed by atoms with E-state index in [2.05, 4.69) is 10.0 Å². The van der Waals surface area contributed by atoms with E-state index in [4.69, 9.17) is 16.3 Å². The van der Waals surface area contributed by atoms with Gasteiger partial charge in [0.25, 0.3) is 0 Å². The second kappa shape index (κ2) is 7.98. The summed E-state index contributed by atoms with van der Waals surface area (Å²) in [6, 6.07) is 3.13. The van der Waals surface area contributed by atoms with Crippen LogP contribution in [0.2, 0.25) is 5.02 Å². The van der Waals surface area contributed by atoms with Gasteiger partial charge in [-0.3, -0.25) is 0 Å². The van der Waals surface area contributed by atoms with Crippen LogP contribution in [-0.2, 0) is 16.6 Å². The molecular weight excluding hydrogens is 312 g/mol. The smallest absolute Gasteiger partial charge is 0.244 e. The molecule has 2 N–H and O–H groups in total. The minimum absolute atomic E-state index is 0.0750. The Hall–Kier alpha value is -0.820. The van der Waals surface area contributed by atoms with Crippen molar-refractivity contribution in [2.45, 2.75) is 32.2 Å². The predicted octanol–water partition coefficient (Wildman–Crippen LogP) is 2.39. The van der Waals surface area contributed by atoms with Gasteiger partial charge in [0.05, 0.1) is 7.11 Å². The first-order chi connectivity index (χ1) is 9.81. The highest BCUT2D eigenvalue weighted by Crippen LogP contribution is 2.31. The molecule has 7 heteroatoms. The van der Waals surface area contributed by atoms with E-state index in [-0.39, 0.29) is 10.8 Å². The van der Waals surface area contributed by atoms with Gasteiger partial charge in [-0.2, -0.15) is 0 Å². The Morgan fingerprint density at radius 2 is 2.00 bits per heavy atom. The van der Waals surface area contributed by atoms with Crippen LogP contribution in [0.1, 0.15) is 26.3 Å². The van der Waals surface area contributed by atoms with Crippen molar-refractivity contribution in [2.24, 2.45) is 5.92 Å². The molecule has 0 saturated carbocycles.